The summed E-state index contributed by atoms with van der Waals surface area (Å²) in [7, 11) is 0. The normalized spacial score (nSPS) is 12.0. The van der Waals surface area contributed by atoms with Crippen LogP contribution in [0.3, 0.4) is 0 Å². The zero-order chi connectivity index (χ0) is 6.73. The fourth-order valence-corrected chi connectivity index (χ4v) is 0.990. The minimum absolute atomic E-state index is 0.596. The first-order valence-corrected chi connectivity index (χ1v) is 3.94. The van der Waals surface area contributed by atoms with Crippen LogP contribution in [-0.2, 0) is 0 Å². The van der Waals surface area contributed by atoms with E-state index >= 15 is 0 Å². The van der Waals surface area contributed by atoms with Crippen molar-refractivity contribution >= 4 is 58.0 Å². The molecule has 0 spiro atoms. The average molecular weight is 216 g/mol. The Hall–Kier alpha value is 1.45. The van der Waals surface area contributed by atoms with Crippen molar-refractivity contribution in [1.82, 2.24) is 0 Å². The smallest absolute Gasteiger partial charge is 0.117 e. The molecule has 0 aliphatic carbocycles. The van der Waals surface area contributed by atoms with E-state index in [0.29, 0.717) is 0 Å². The van der Waals surface area contributed by atoms with Gasteiger partial charge in [-0.15, -0.1) is 58.0 Å². The molecule has 0 saturated heterocycles. The van der Waals surface area contributed by atoms with E-state index in [1.165, 1.54) is 0 Å². The highest BCUT2D eigenvalue weighted by Crippen LogP contribution is 2.23. The van der Waals surface area contributed by atoms with Crippen LogP contribution in [0.5, 0.6) is 0 Å². The summed E-state index contributed by atoms with van der Waals surface area (Å²) in [5.41, 5.74) is 0. The number of halogens is 5. The van der Waals surface area contributed by atoms with Gasteiger partial charge in [0.05, 0.1) is 5.38 Å². The van der Waals surface area contributed by atoms with Gasteiger partial charge in [0.2, 0.25) is 0 Å². The van der Waals surface area contributed by atoms with Crippen LogP contribution in [0.25, 0.3) is 0 Å². The molecule has 0 rings (SSSR count). The third-order valence-electron chi connectivity index (χ3n) is 0.481. The number of hydrogen-bond acceptors (Lipinski definition) is 0. The Balaban J connectivity index is 3.46. The van der Waals surface area contributed by atoms with Crippen molar-refractivity contribution in [2.75, 3.05) is 0 Å². The lowest BCUT2D eigenvalue weighted by Gasteiger charge is -2.08. The van der Waals surface area contributed by atoms with E-state index in [2.05, 4.69) is 0 Å². The zero-order valence-corrected chi connectivity index (χ0v) is 7.40. The third-order valence-corrected chi connectivity index (χ3v) is 2.59. The molecule has 0 aliphatic heterocycles. The van der Waals surface area contributed by atoms with Crippen molar-refractivity contribution in [3.8, 4) is 0 Å². The van der Waals surface area contributed by atoms with Gasteiger partial charge in [-0.3, -0.25) is 0 Å². The number of hydrogen-bond donors (Lipinski definition) is 0. The van der Waals surface area contributed by atoms with E-state index < -0.39 is 15.0 Å². The van der Waals surface area contributed by atoms with E-state index in [4.69, 9.17) is 58.0 Å². The fraction of sp³-hybridized carbons (Fsp3) is 1.00. The van der Waals surface area contributed by atoms with Gasteiger partial charge in [0.15, 0.2) is 0 Å². The zero-order valence-electron chi connectivity index (χ0n) is 3.62. The second-order valence-corrected chi connectivity index (χ2v) is 3.94. The molecule has 0 radical (unpaired) electrons. The van der Waals surface area contributed by atoms with Crippen LogP contribution >= 0.6 is 58.0 Å². The maximum atomic E-state index is 5.42. The Kier molecular flexibility index (Phi) is 5.07. The van der Waals surface area contributed by atoms with Crippen LogP contribution in [-0.4, -0.2) is 15.0 Å². The Bertz CT molecular complexity index is 52.7. The molecule has 50 valence electrons. The second-order valence-electron chi connectivity index (χ2n) is 1.11. The minimum Gasteiger partial charge on any atom is -0.117 e. The molecule has 0 bridgehead atoms. The van der Waals surface area contributed by atoms with Crippen molar-refractivity contribution in [2.24, 2.45) is 0 Å². The van der Waals surface area contributed by atoms with Gasteiger partial charge in [-0.05, 0) is 0 Å². The molecule has 0 nitrogen and oxygen atoms in total. The molecule has 0 amide bonds. The van der Waals surface area contributed by atoms with Crippen LogP contribution in [0.15, 0.2) is 0 Å². The van der Waals surface area contributed by atoms with Crippen molar-refractivity contribution in [1.29, 1.82) is 0 Å². The minimum atomic E-state index is -0.711. The van der Waals surface area contributed by atoms with Gasteiger partial charge in [0.1, 0.15) is 9.67 Å². The van der Waals surface area contributed by atoms with Crippen LogP contribution in [0.1, 0.15) is 0 Å². The van der Waals surface area contributed by atoms with Gasteiger partial charge in [-0.1, -0.05) is 0 Å². The molecule has 0 N–H and O–H groups in total. The van der Waals surface area contributed by atoms with E-state index in [9.17, 15) is 0 Å². The Morgan fingerprint density at radius 2 is 0.875 bits per heavy atom. The summed E-state index contributed by atoms with van der Waals surface area (Å²) in [6.07, 6.45) is 0. The standard InChI is InChI=1S/C3H3Cl5/c4-1(2(5)6)3(7)8/h1-3H. The monoisotopic (exact) mass is 214 g/mol. The molecule has 0 atom stereocenters. The second kappa shape index (κ2) is 4.29. The first kappa shape index (κ1) is 9.45. The summed E-state index contributed by atoms with van der Waals surface area (Å²) < 4.78 is 0. The van der Waals surface area contributed by atoms with Crippen molar-refractivity contribution in [3.63, 3.8) is 0 Å². The highest BCUT2D eigenvalue weighted by atomic mass is 35.5. The maximum Gasteiger partial charge on any atom is 0.126 e. The lowest BCUT2D eigenvalue weighted by molar-refractivity contribution is 1.00. The molecule has 0 aromatic rings. The SMILES string of the molecule is ClC(Cl)C(Cl)C(Cl)Cl. The average Bonchev–Trinajstić information content (AvgIpc) is 1.64. The van der Waals surface area contributed by atoms with E-state index in [1.807, 2.05) is 0 Å². The van der Waals surface area contributed by atoms with E-state index in [-0.39, 0.29) is 0 Å². The first-order valence-electron chi connectivity index (χ1n) is 1.76. The van der Waals surface area contributed by atoms with Gasteiger partial charge < -0.3 is 0 Å². The Morgan fingerprint density at radius 1 is 0.625 bits per heavy atom. The fourth-order valence-electron chi connectivity index (χ4n) is 0.110. The van der Waals surface area contributed by atoms with Gasteiger partial charge in [0.25, 0.3) is 0 Å². The van der Waals surface area contributed by atoms with E-state index in [0.717, 1.165) is 0 Å². The summed E-state index contributed by atoms with van der Waals surface area (Å²) in [6, 6.07) is 0. The molecule has 8 heavy (non-hydrogen) atoms. The summed E-state index contributed by atoms with van der Waals surface area (Å²) >= 11 is 26.6. The maximum absolute atomic E-state index is 5.42. The summed E-state index contributed by atoms with van der Waals surface area (Å²) in [6.45, 7) is 0. The number of rotatable bonds is 2. The predicted octanol–water partition coefficient (Wildman–Crippen LogP) is 3.20. The van der Waals surface area contributed by atoms with E-state index in [1.54, 1.807) is 0 Å². The Labute approximate surface area is 73.0 Å². The van der Waals surface area contributed by atoms with Crippen LogP contribution in [0.2, 0.25) is 0 Å². The van der Waals surface area contributed by atoms with Crippen molar-refractivity contribution in [3.05, 3.63) is 0 Å². The first-order chi connectivity index (χ1) is 3.55. The molecule has 0 fully saturated rings. The van der Waals surface area contributed by atoms with Gasteiger partial charge in [0, 0.05) is 0 Å². The summed E-state index contributed by atoms with van der Waals surface area (Å²) in [4.78, 5) is -1.42. The van der Waals surface area contributed by atoms with Crippen LogP contribution < -0.4 is 0 Å². The van der Waals surface area contributed by atoms with Gasteiger partial charge >= 0.3 is 0 Å². The van der Waals surface area contributed by atoms with Crippen LogP contribution in [0.4, 0.5) is 0 Å². The summed E-state index contributed by atoms with van der Waals surface area (Å²) in [5.74, 6) is 0. The molecular weight excluding hydrogens is 213 g/mol. The highest BCUT2D eigenvalue weighted by Gasteiger charge is 2.20. The Morgan fingerprint density at radius 3 is 0.875 bits per heavy atom. The highest BCUT2D eigenvalue weighted by molar-refractivity contribution is 6.54. The molecular formula is C3H3Cl5. The molecule has 0 unspecified atom stereocenters. The number of alkyl halides is 5. The molecule has 0 aromatic heterocycles. The summed E-state index contributed by atoms with van der Waals surface area (Å²) in [5, 5.41) is -0.596. The topological polar surface area (TPSA) is 0 Å². The molecule has 0 heterocycles. The van der Waals surface area contributed by atoms with Crippen molar-refractivity contribution in [2.45, 2.75) is 15.0 Å². The molecule has 5 heteroatoms. The quantitative estimate of drug-likeness (QED) is 0.622. The van der Waals surface area contributed by atoms with Gasteiger partial charge in [-0.2, -0.15) is 0 Å². The lowest BCUT2D eigenvalue weighted by atomic mass is 10.5. The molecule has 0 aromatic carbocycles. The van der Waals surface area contributed by atoms with Crippen molar-refractivity contribution < 1.29 is 0 Å². The third kappa shape index (κ3) is 3.47. The molecule has 0 saturated carbocycles. The predicted molar refractivity (Wildman–Crippen MR) is 40.6 cm³/mol. The largest absolute Gasteiger partial charge is 0.126 e. The van der Waals surface area contributed by atoms with Crippen LogP contribution in [0, 0.1) is 0 Å². The van der Waals surface area contributed by atoms with Gasteiger partial charge in [-0.25, -0.2) is 0 Å². The lowest BCUT2D eigenvalue weighted by Crippen LogP contribution is -2.16. The molecule has 0 aliphatic rings.